The fraction of sp³-hybridized carbons (Fsp3) is 0.300. The average molecular weight is 290 g/mol. The molecule has 1 aliphatic rings. The molecule has 3 rings (SSSR count). The Morgan fingerprint density at radius 1 is 0.818 bits per heavy atom. The Hall–Kier alpha value is -2.08. The first-order chi connectivity index (χ1) is 10.8. The van der Waals surface area contributed by atoms with Crippen LogP contribution in [0.1, 0.15) is 17.2 Å². The quantitative estimate of drug-likeness (QED) is 0.785. The van der Waals surface area contributed by atoms with Gasteiger partial charge in [-0.25, -0.2) is 0 Å². The zero-order valence-electron chi connectivity index (χ0n) is 13.1. The maximum Gasteiger partial charge on any atom is 0.0975 e. The van der Waals surface area contributed by atoms with Gasteiger partial charge in [0, 0.05) is 31.7 Å². The molecular weight excluding hydrogens is 268 g/mol. The highest BCUT2D eigenvalue weighted by atomic mass is 15.3. The molecule has 0 amide bonds. The molecule has 1 fully saturated rings. The van der Waals surface area contributed by atoms with Crippen LogP contribution in [0.15, 0.2) is 60.7 Å². The number of hydrogen-bond donors (Lipinski definition) is 0. The molecule has 1 heterocycles. The summed E-state index contributed by atoms with van der Waals surface area (Å²) in [6, 6.07) is 21.0. The van der Waals surface area contributed by atoms with Gasteiger partial charge in [0.25, 0.3) is 0 Å². The highest BCUT2D eigenvalue weighted by Crippen LogP contribution is 2.21. The normalized spacial score (nSPS) is 17.5. The van der Waals surface area contributed by atoms with Crippen LogP contribution in [0.5, 0.6) is 0 Å². The van der Waals surface area contributed by atoms with Crippen LogP contribution in [-0.2, 0) is 0 Å². The van der Waals surface area contributed by atoms with E-state index in [2.05, 4.69) is 71.2 Å². The minimum Gasteiger partial charge on any atom is -0.304 e. The largest absolute Gasteiger partial charge is 0.304 e. The van der Waals surface area contributed by atoms with Gasteiger partial charge < -0.3 is 4.90 Å². The Balaban J connectivity index is 1.85. The topological polar surface area (TPSA) is 6.48 Å². The van der Waals surface area contributed by atoms with Crippen LogP contribution in [0.3, 0.4) is 0 Å². The number of nitrogens with zero attached hydrogens (tertiary/aromatic N) is 2. The number of piperazine rings is 1. The summed E-state index contributed by atoms with van der Waals surface area (Å²) in [6.07, 6.45) is 0. The van der Waals surface area contributed by atoms with E-state index in [0.717, 1.165) is 31.7 Å². The highest BCUT2D eigenvalue weighted by Gasteiger charge is 2.22. The molecule has 22 heavy (non-hydrogen) atoms. The molecule has 0 saturated carbocycles. The highest BCUT2D eigenvalue weighted by molar-refractivity contribution is 5.37. The van der Waals surface area contributed by atoms with E-state index in [1.165, 1.54) is 5.56 Å². The fourth-order valence-corrected chi connectivity index (χ4v) is 2.77. The van der Waals surface area contributed by atoms with Crippen molar-refractivity contribution in [3.8, 4) is 11.8 Å². The Kier molecular flexibility index (Phi) is 4.90. The molecule has 0 N–H and O–H groups in total. The van der Waals surface area contributed by atoms with Gasteiger partial charge in [-0.15, -0.1) is 0 Å². The minimum absolute atomic E-state index is 0.176. The lowest BCUT2D eigenvalue weighted by atomic mass is 10.0. The molecule has 2 aromatic rings. The van der Waals surface area contributed by atoms with Crippen LogP contribution in [-0.4, -0.2) is 43.0 Å². The molecule has 1 atom stereocenters. The third kappa shape index (κ3) is 3.76. The van der Waals surface area contributed by atoms with Crippen molar-refractivity contribution in [3.63, 3.8) is 0 Å². The maximum absolute atomic E-state index is 3.49. The first kappa shape index (κ1) is 14.8. The molecule has 2 nitrogen and oxygen atoms in total. The monoisotopic (exact) mass is 290 g/mol. The van der Waals surface area contributed by atoms with Crippen LogP contribution < -0.4 is 0 Å². The van der Waals surface area contributed by atoms with E-state index in [9.17, 15) is 0 Å². The van der Waals surface area contributed by atoms with Crippen LogP contribution >= 0.6 is 0 Å². The molecule has 0 aliphatic carbocycles. The SMILES string of the molecule is CN1CCN(C(C#Cc2ccccc2)c2ccccc2)CC1. The standard InChI is InChI=1S/C20H22N2/c1-21-14-16-22(17-15-21)20(19-10-6-3-7-11-19)13-12-18-8-4-2-5-9-18/h2-11,20H,14-17H2,1H3. The number of hydrogen-bond acceptors (Lipinski definition) is 2. The lowest BCUT2D eigenvalue weighted by Crippen LogP contribution is -2.45. The molecule has 0 spiro atoms. The molecule has 2 heteroatoms. The van der Waals surface area contributed by atoms with Gasteiger partial charge in [0.2, 0.25) is 0 Å². The first-order valence-corrected chi connectivity index (χ1v) is 7.87. The van der Waals surface area contributed by atoms with Gasteiger partial charge in [-0.3, -0.25) is 4.90 Å². The average Bonchev–Trinajstić information content (AvgIpc) is 2.58. The molecule has 2 aromatic carbocycles. The van der Waals surface area contributed by atoms with Gasteiger partial charge in [-0.05, 0) is 24.7 Å². The molecular formula is C20H22N2. The van der Waals surface area contributed by atoms with Crippen LogP contribution in [0.25, 0.3) is 0 Å². The van der Waals surface area contributed by atoms with Gasteiger partial charge in [0.1, 0.15) is 0 Å². The number of benzene rings is 2. The van der Waals surface area contributed by atoms with Crippen LogP contribution in [0.4, 0.5) is 0 Å². The summed E-state index contributed by atoms with van der Waals surface area (Å²) in [5, 5.41) is 0. The molecule has 1 saturated heterocycles. The van der Waals surface area contributed by atoms with Crippen LogP contribution in [0.2, 0.25) is 0 Å². The Labute approximate surface area is 133 Å². The first-order valence-electron chi connectivity index (χ1n) is 7.87. The summed E-state index contributed by atoms with van der Waals surface area (Å²) in [5.41, 5.74) is 2.37. The Morgan fingerprint density at radius 3 is 2.05 bits per heavy atom. The van der Waals surface area contributed by atoms with Gasteiger partial charge >= 0.3 is 0 Å². The fourth-order valence-electron chi connectivity index (χ4n) is 2.77. The van der Waals surface area contributed by atoms with E-state index in [1.54, 1.807) is 0 Å². The lowest BCUT2D eigenvalue weighted by Gasteiger charge is -2.36. The van der Waals surface area contributed by atoms with Crippen molar-refractivity contribution in [2.75, 3.05) is 33.2 Å². The van der Waals surface area contributed by atoms with E-state index >= 15 is 0 Å². The van der Waals surface area contributed by atoms with Gasteiger partial charge in [-0.2, -0.15) is 0 Å². The Morgan fingerprint density at radius 2 is 1.41 bits per heavy atom. The predicted octanol–water partition coefficient (Wildman–Crippen LogP) is 3.03. The molecule has 0 bridgehead atoms. The summed E-state index contributed by atoms with van der Waals surface area (Å²) < 4.78 is 0. The Bertz CT molecular complexity index is 632. The summed E-state index contributed by atoms with van der Waals surface area (Å²) >= 11 is 0. The number of rotatable bonds is 2. The minimum atomic E-state index is 0.176. The second-order valence-corrected chi connectivity index (χ2v) is 5.79. The second-order valence-electron chi connectivity index (χ2n) is 5.79. The molecule has 0 aromatic heterocycles. The lowest BCUT2D eigenvalue weighted by molar-refractivity contribution is 0.133. The molecule has 1 aliphatic heterocycles. The van der Waals surface area contributed by atoms with Crippen molar-refractivity contribution < 1.29 is 0 Å². The van der Waals surface area contributed by atoms with E-state index < -0.39 is 0 Å². The maximum atomic E-state index is 3.49. The van der Waals surface area contributed by atoms with Crippen molar-refractivity contribution in [1.29, 1.82) is 0 Å². The van der Waals surface area contributed by atoms with E-state index in [0.29, 0.717) is 0 Å². The van der Waals surface area contributed by atoms with E-state index in [-0.39, 0.29) is 6.04 Å². The zero-order valence-corrected chi connectivity index (χ0v) is 13.1. The smallest absolute Gasteiger partial charge is 0.0975 e. The summed E-state index contributed by atoms with van der Waals surface area (Å²) in [5.74, 6) is 6.84. The van der Waals surface area contributed by atoms with Gasteiger partial charge in [-0.1, -0.05) is 60.4 Å². The third-order valence-electron chi connectivity index (χ3n) is 4.15. The second kappa shape index (κ2) is 7.26. The summed E-state index contributed by atoms with van der Waals surface area (Å²) in [7, 11) is 2.19. The summed E-state index contributed by atoms with van der Waals surface area (Å²) in [6.45, 7) is 4.35. The van der Waals surface area contributed by atoms with Crippen molar-refractivity contribution in [2.24, 2.45) is 0 Å². The molecule has 1 unspecified atom stereocenters. The van der Waals surface area contributed by atoms with Crippen molar-refractivity contribution >= 4 is 0 Å². The molecule has 112 valence electrons. The van der Waals surface area contributed by atoms with E-state index in [4.69, 9.17) is 0 Å². The van der Waals surface area contributed by atoms with Crippen molar-refractivity contribution in [2.45, 2.75) is 6.04 Å². The van der Waals surface area contributed by atoms with Crippen LogP contribution in [0, 0.1) is 11.8 Å². The number of likely N-dealkylation sites (N-methyl/N-ethyl adjacent to an activating group) is 1. The third-order valence-corrected chi connectivity index (χ3v) is 4.15. The zero-order chi connectivity index (χ0) is 15.2. The van der Waals surface area contributed by atoms with Gasteiger partial charge in [0.15, 0.2) is 0 Å². The molecule has 0 radical (unpaired) electrons. The van der Waals surface area contributed by atoms with Crippen molar-refractivity contribution in [1.82, 2.24) is 9.80 Å². The predicted molar refractivity (Wildman–Crippen MR) is 91.6 cm³/mol. The van der Waals surface area contributed by atoms with Crippen molar-refractivity contribution in [3.05, 3.63) is 71.8 Å². The van der Waals surface area contributed by atoms with Gasteiger partial charge in [0.05, 0.1) is 6.04 Å². The van der Waals surface area contributed by atoms with E-state index in [1.807, 2.05) is 18.2 Å². The summed E-state index contributed by atoms with van der Waals surface area (Å²) in [4.78, 5) is 4.87.